The van der Waals surface area contributed by atoms with Crippen LogP contribution < -0.4 is 4.90 Å². The van der Waals surface area contributed by atoms with Gasteiger partial charge in [-0.15, -0.1) is 0 Å². The topological polar surface area (TPSA) is 88.1 Å². The van der Waals surface area contributed by atoms with Gasteiger partial charge in [0.2, 0.25) is 0 Å². The van der Waals surface area contributed by atoms with Crippen molar-refractivity contribution in [2.45, 2.75) is 12.8 Å². The minimum Gasteiger partial charge on any atom is -0.477 e. The number of aliphatic carboxylic acids is 1. The molecule has 0 aliphatic carbocycles. The molecule has 27 heavy (non-hydrogen) atoms. The lowest BCUT2D eigenvalue weighted by molar-refractivity contribution is -0.132. The van der Waals surface area contributed by atoms with E-state index in [1.54, 1.807) is 12.1 Å². The fourth-order valence-corrected chi connectivity index (χ4v) is 3.25. The van der Waals surface area contributed by atoms with Crippen LogP contribution >= 0.6 is 0 Å². The molecule has 1 heterocycles. The van der Waals surface area contributed by atoms with Crippen molar-refractivity contribution in [1.29, 1.82) is 10.5 Å². The van der Waals surface area contributed by atoms with E-state index >= 15 is 0 Å². The van der Waals surface area contributed by atoms with Crippen molar-refractivity contribution in [2.24, 2.45) is 0 Å². The first-order valence-electron chi connectivity index (χ1n) is 8.45. The predicted octanol–water partition coefficient (Wildman–Crippen LogP) is 3.99. The van der Waals surface area contributed by atoms with E-state index in [1.807, 2.05) is 43.4 Å². The van der Waals surface area contributed by atoms with Crippen LogP contribution in [-0.2, 0) is 17.6 Å². The molecule has 0 spiro atoms. The van der Waals surface area contributed by atoms with Gasteiger partial charge in [0.25, 0.3) is 0 Å². The van der Waals surface area contributed by atoms with Crippen molar-refractivity contribution < 1.29 is 9.90 Å². The number of nitriles is 2. The summed E-state index contributed by atoms with van der Waals surface area (Å²) in [7, 11) is 2.04. The highest BCUT2D eigenvalue weighted by Crippen LogP contribution is 2.35. The van der Waals surface area contributed by atoms with Crippen molar-refractivity contribution in [3.8, 4) is 12.1 Å². The van der Waals surface area contributed by atoms with Crippen LogP contribution in [0.15, 0.2) is 59.7 Å². The molecule has 2 aromatic carbocycles. The molecule has 2 aromatic rings. The van der Waals surface area contributed by atoms with Gasteiger partial charge in [0.05, 0.1) is 11.6 Å². The summed E-state index contributed by atoms with van der Waals surface area (Å²) < 4.78 is 0. The third-order valence-electron chi connectivity index (χ3n) is 4.58. The van der Waals surface area contributed by atoms with Crippen LogP contribution in [0.2, 0.25) is 0 Å². The van der Waals surface area contributed by atoms with E-state index < -0.39 is 11.5 Å². The zero-order valence-electron chi connectivity index (χ0n) is 14.8. The van der Waals surface area contributed by atoms with E-state index in [1.165, 1.54) is 11.3 Å². The highest BCUT2D eigenvalue weighted by atomic mass is 16.4. The Morgan fingerprint density at radius 2 is 1.78 bits per heavy atom. The molecule has 0 saturated heterocycles. The standard InChI is InChI=1S/C22H17N3O2/c1-25-20-5-3-2-4-17(20)7-8-18-11-15(6-9-21(18)25)10-16(13-23)12-19(14-24)22(26)27/h2-6,9-12H,7-8H2,1H3,(H,26,27)/b16-10+,19-12-. The molecule has 0 unspecified atom stereocenters. The Kier molecular flexibility index (Phi) is 5.06. The van der Waals surface area contributed by atoms with E-state index in [2.05, 4.69) is 17.0 Å². The summed E-state index contributed by atoms with van der Waals surface area (Å²) in [6.45, 7) is 0. The Hall–Kier alpha value is -3.83. The normalized spacial score (nSPS) is 13.7. The van der Waals surface area contributed by atoms with Crippen molar-refractivity contribution in [3.63, 3.8) is 0 Å². The van der Waals surface area contributed by atoms with Crippen LogP contribution in [0.4, 0.5) is 11.4 Å². The second kappa shape index (κ2) is 7.59. The minimum absolute atomic E-state index is 0.124. The first-order chi connectivity index (χ1) is 13.0. The predicted molar refractivity (Wildman–Crippen MR) is 103 cm³/mol. The fraction of sp³-hybridized carbons (Fsp3) is 0.136. The average molecular weight is 355 g/mol. The quantitative estimate of drug-likeness (QED) is 0.511. The number of allylic oxidation sites excluding steroid dienone is 2. The Morgan fingerprint density at radius 1 is 1.07 bits per heavy atom. The summed E-state index contributed by atoms with van der Waals surface area (Å²) in [4.78, 5) is 13.1. The summed E-state index contributed by atoms with van der Waals surface area (Å²) >= 11 is 0. The van der Waals surface area contributed by atoms with Gasteiger partial charge in [0.15, 0.2) is 0 Å². The molecule has 5 heteroatoms. The lowest BCUT2D eigenvalue weighted by atomic mass is 10.0. The smallest absolute Gasteiger partial charge is 0.346 e. The molecule has 0 saturated carbocycles. The molecule has 0 radical (unpaired) electrons. The summed E-state index contributed by atoms with van der Waals surface area (Å²) in [5.74, 6) is -1.35. The first-order valence-corrected chi connectivity index (χ1v) is 8.45. The monoisotopic (exact) mass is 355 g/mol. The largest absolute Gasteiger partial charge is 0.477 e. The van der Waals surface area contributed by atoms with Crippen LogP contribution in [0, 0.1) is 22.7 Å². The molecule has 0 fully saturated rings. The van der Waals surface area contributed by atoms with Gasteiger partial charge in [-0.05, 0) is 59.9 Å². The highest BCUT2D eigenvalue weighted by Gasteiger charge is 2.17. The molecule has 1 aliphatic rings. The molecule has 0 bridgehead atoms. The molecule has 0 amide bonds. The number of carbonyl (C=O) groups is 1. The second-order valence-electron chi connectivity index (χ2n) is 6.26. The lowest BCUT2D eigenvalue weighted by Crippen LogP contribution is -2.11. The first kappa shape index (κ1) is 18.0. The van der Waals surface area contributed by atoms with E-state index in [0.29, 0.717) is 0 Å². The van der Waals surface area contributed by atoms with Gasteiger partial charge in [-0.1, -0.05) is 24.3 Å². The number of anilines is 2. The summed E-state index contributed by atoms with van der Waals surface area (Å²) in [6.07, 6.45) is 4.48. The summed E-state index contributed by atoms with van der Waals surface area (Å²) in [5, 5.41) is 27.1. The Balaban J connectivity index is 1.99. The number of carboxylic acid groups (broad SMARTS) is 1. The summed E-state index contributed by atoms with van der Waals surface area (Å²) in [6, 6.07) is 17.7. The van der Waals surface area contributed by atoms with Crippen molar-refractivity contribution >= 4 is 23.4 Å². The van der Waals surface area contributed by atoms with Gasteiger partial charge in [-0.3, -0.25) is 0 Å². The Labute approximate surface area is 157 Å². The highest BCUT2D eigenvalue weighted by molar-refractivity contribution is 5.92. The zero-order chi connectivity index (χ0) is 19.4. The van der Waals surface area contributed by atoms with Gasteiger partial charge in [0.1, 0.15) is 11.6 Å². The number of fused-ring (bicyclic) bond motifs is 2. The average Bonchev–Trinajstić information content (AvgIpc) is 2.82. The van der Waals surface area contributed by atoms with Crippen molar-refractivity contribution in [3.05, 3.63) is 76.4 Å². The van der Waals surface area contributed by atoms with E-state index in [-0.39, 0.29) is 5.57 Å². The molecule has 132 valence electrons. The molecular weight excluding hydrogens is 338 g/mol. The molecule has 0 aromatic heterocycles. The number of nitrogens with zero attached hydrogens (tertiary/aromatic N) is 3. The number of hydrogen-bond donors (Lipinski definition) is 1. The summed E-state index contributed by atoms with van der Waals surface area (Å²) in [5.41, 5.74) is 5.18. The fourth-order valence-electron chi connectivity index (χ4n) is 3.25. The maximum absolute atomic E-state index is 11.0. The molecule has 3 rings (SSSR count). The van der Waals surface area contributed by atoms with Gasteiger partial charge >= 0.3 is 5.97 Å². The van der Waals surface area contributed by atoms with E-state index in [0.717, 1.165) is 35.7 Å². The number of rotatable bonds is 3. The van der Waals surface area contributed by atoms with Crippen LogP contribution in [0.5, 0.6) is 0 Å². The second-order valence-corrected chi connectivity index (χ2v) is 6.26. The van der Waals surface area contributed by atoms with Crippen LogP contribution in [0.3, 0.4) is 0 Å². The number of carboxylic acids is 1. The third-order valence-corrected chi connectivity index (χ3v) is 4.58. The number of para-hydroxylation sites is 1. The molecule has 1 aliphatic heterocycles. The van der Waals surface area contributed by atoms with Gasteiger partial charge in [-0.2, -0.15) is 10.5 Å². The number of aryl methyl sites for hydroxylation is 2. The lowest BCUT2D eigenvalue weighted by Gasteiger charge is -2.22. The SMILES string of the molecule is CN1c2ccccc2CCc2cc(/C=C(C#N)\C=C(\C#N)C(=O)O)ccc21. The minimum atomic E-state index is -1.35. The number of hydrogen-bond acceptors (Lipinski definition) is 4. The molecular formula is C22H17N3O2. The van der Waals surface area contributed by atoms with E-state index in [4.69, 9.17) is 10.4 Å². The van der Waals surface area contributed by atoms with Gasteiger partial charge < -0.3 is 10.0 Å². The van der Waals surface area contributed by atoms with Gasteiger partial charge in [-0.25, -0.2) is 4.79 Å². The zero-order valence-corrected chi connectivity index (χ0v) is 14.8. The third kappa shape index (κ3) is 3.73. The van der Waals surface area contributed by atoms with Crippen molar-refractivity contribution in [1.82, 2.24) is 0 Å². The van der Waals surface area contributed by atoms with Crippen LogP contribution in [0.1, 0.15) is 16.7 Å². The van der Waals surface area contributed by atoms with Gasteiger partial charge in [0, 0.05) is 18.4 Å². The van der Waals surface area contributed by atoms with Crippen LogP contribution in [-0.4, -0.2) is 18.1 Å². The number of benzene rings is 2. The maximum atomic E-state index is 11.0. The maximum Gasteiger partial charge on any atom is 0.346 e. The Morgan fingerprint density at radius 3 is 2.48 bits per heavy atom. The molecule has 1 N–H and O–H groups in total. The molecule has 5 nitrogen and oxygen atoms in total. The van der Waals surface area contributed by atoms with Crippen molar-refractivity contribution in [2.75, 3.05) is 11.9 Å². The van der Waals surface area contributed by atoms with E-state index in [9.17, 15) is 10.1 Å². The van der Waals surface area contributed by atoms with Crippen LogP contribution in [0.25, 0.3) is 6.08 Å². The Bertz CT molecular complexity index is 1050. The molecule has 0 atom stereocenters.